The molecule has 0 unspecified atom stereocenters. The number of amides is 2. The zero-order valence-electron chi connectivity index (χ0n) is 13.7. The second-order valence-corrected chi connectivity index (χ2v) is 7.00. The van der Waals surface area contributed by atoms with Gasteiger partial charge in [-0.1, -0.05) is 0 Å². The maximum atomic E-state index is 12.2. The normalized spacial score (nSPS) is 20.2. The lowest BCUT2D eigenvalue weighted by Gasteiger charge is -2.28. The van der Waals surface area contributed by atoms with Gasteiger partial charge in [0.2, 0.25) is 5.91 Å². The molecule has 9 heteroatoms. The van der Waals surface area contributed by atoms with E-state index in [1.807, 2.05) is 5.38 Å². The van der Waals surface area contributed by atoms with Crippen molar-refractivity contribution >= 4 is 28.3 Å². The van der Waals surface area contributed by atoms with Crippen LogP contribution in [0.5, 0.6) is 0 Å². The first-order valence-corrected chi connectivity index (χ1v) is 9.16. The molecule has 2 aromatic rings. The molecule has 1 fully saturated rings. The third-order valence-electron chi connectivity index (χ3n) is 4.35. The predicted molar refractivity (Wildman–Crippen MR) is 93.0 cm³/mol. The molecule has 8 nitrogen and oxygen atoms in total. The summed E-state index contributed by atoms with van der Waals surface area (Å²) in [6, 6.07) is 0.0752. The molecule has 0 radical (unpaired) electrons. The molecule has 25 heavy (non-hydrogen) atoms. The van der Waals surface area contributed by atoms with Crippen molar-refractivity contribution in [1.82, 2.24) is 20.6 Å². The highest BCUT2D eigenvalue weighted by Crippen LogP contribution is 2.24. The van der Waals surface area contributed by atoms with Crippen LogP contribution in [0.4, 0.5) is 5.13 Å². The Balaban J connectivity index is 1.36. The summed E-state index contributed by atoms with van der Waals surface area (Å²) in [5.41, 5.74) is 6.77. The molecular formula is C16H21N5O3S. The first kappa shape index (κ1) is 17.4. The zero-order valence-corrected chi connectivity index (χ0v) is 14.6. The van der Waals surface area contributed by atoms with Crippen LogP contribution < -0.4 is 16.4 Å². The number of carbonyl (C=O) groups excluding carboxylic acids is 2. The van der Waals surface area contributed by atoms with Crippen LogP contribution in [0.3, 0.4) is 0 Å². The first-order chi connectivity index (χ1) is 12.1. The van der Waals surface area contributed by atoms with Gasteiger partial charge in [0.1, 0.15) is 6.26 Å². The van der Waals surface area contributed by atoms with Gasteiger partial charge in [-0.2, -0.15) is 0 Å². The highest BCUT2D eigenvalue weighted by atomic mass is 32.1. The van der Waals surface area contributed by atoms with E-state index in [1.54, 1.807) is 0 Å². The van der Waals surface area contributed by atoms with Crippen molar-refractivity contribution < 1.29 is 14.0 Å². The van der Waals surface area contributed by atoms with Gasteiger partial charge in [-0.05, 0) is 25.7 Å². The number of hydrogen-bond acceptors (Lipinski definition) is 7. The number of hydrogen-bond donors (Lipinski definition) is 3. The Morgan fingerprint density at radius 2 is 2.12 bits per heavy atom. The smallest absolute Gasteiger partial charge is 0.273 e. The fourth-order valence-electron chi connectivity index (χ4n) is 2.98. The highest BCUT2D eigenvalue weighted by Gasteiger charge is 2.27. The summed E-state index contributed by atoms with van der Waals surface area (Å²) in [5, 5.41) is 8.35. The molecule has 4 N–H and O–H groups in total. The number of nitrogens with one attached hydrogen (secondary N) is 2. The van der Waals surface area contributed by atoms with Crippen molar-refractivity contribution in [3.8, 4) is 0 Å². The monoisotopic (exact) mass is 363 g/mol. The molecule has 0 saturated heterocycles. The van der Waals surface area contributed by atoms with E-state index in [2.05, 4.69) is 20.6 Å². The average molecular weight is 363 g/mol. The van der Waals surface area contributed by atoms with Crippen LogP contribution in [0, 0.1) is 5.92 Å². The lowest BCUT2D eigenvalue weighted by atomic mass is 9.85. The Morgan fingerprint density at radius 3 is 2.76 bits per heavy atom. The molecule has 134 valence electrons. The Hall–Kier alpha value is -2.42. The van der Waals surface area contributed by atoms with Crippen molar-refractivity contribution in [3.05, 3.63) is 29.4 Å². The fraction of sp³-hybridized carbons (Fsp3) is 0.500. The topological polar surface area (TPSA) is 123 Å². The predicted octanol–water partition coefficient (Wildman–Crippen LogP) is 1.36. The number of rotatable bonds is 6. The number of thiazole rings is 1. The number of oxazole rings is 1. The summed E-state index contributed by atoms with van der Waals surface area (Å²) >= 11 is 1.40. The quantitative estimate of drug-likeness (QED) is 0.712. The second kappa shape index (κ2) is 8.11. The average Bonchev–Trinajstić information content (AvgIpc) is 3.27. The van der Waals surface area contributed by atoms with Gasteiger partial charge in [-0.25, -0.2) is 9.97 Å². The summed E-state index contributed by atoms with van der Waals surface area (Å²) in [6.45, 7) is 0.560. The molecule has 2 heterocycles. The summed E-state index contributed by atoms with van der Waals surface area (Å²) in [4.78, 5) is 32.2. The molecule has 0 spiro atoms. The maximum absolute atomic E-state index is 12.2. The van der Waals surface area contributed by atoms with Gasteiger partial charge >= 0.3 is 0 Å². The van der Waals surface area contributed by atoms with Crippen LogP contribution in [0.2, 0.25) is 0 Å². The number of anilines is 1. The van der Waals surface area contributed by atoms with Gasteiger partial charge in [-0.3, -0.25) is 9.59 Å². The summed E-state index contributed by atoms with van der Waals surface area (Å²) in [7, 11) is 0. The number of nitrogens with two attached hydrogens (primary N) is 1. The summed E-state index contributed by atoms with van der Waals surface area (Å²) in [5.74, 6) is -0.158. The molecule has 2 aromatic heterocycles. The molecule has 0 aliphatic heterocycles. The summed E-state index contributed by atoms with van der Waals surface area (Å²) in [6.07, 6.45) is 6.33. The molecule has 1 aliphatic rings. The van der Waals surface area contributed by atoms with Gasteiger partial charge in [0.25, 0.3) is 5.91 Å². The van der Waals surface area contributed by atoms with Crippen molar-refractivity contribution in [1.29, 1.82) is 0 Å². The van der Waals surface area contributed by atoms with Crippen molar-refractivity contribution in [2.24, 2.45) is 5.92 Å². The SMILES string of the molecule is Nc1nc(CCNC(=O)C2CCC(NC(=O)c3cocn3)CC2)cs1. The minimum Gasteiger partial charge on any atom is -0.451 e. The van der Waals surface area contributed by atoms with E-state index in [4.69, 9.17) is 10.2 Å². The lowest BCUT2D eigenvalue weighted by molar-refractivity contribution is -0.126. The van der Waals surface area contributed by atoms with Crippen molar-refractivity contribution in [2.45, 2.75) is 38.1 Å². The Labute approximate surface area is 149 Å². The molecule has 3 rings (SSSR count). The molecule has 1 aliphatic carbocycles. The number of nitrogens with zero attached hydrogens (tertiary/aromatic N) is 2. The van der Waals surface area contributed by atoms with Crippen LogP contribution in [-0.2, 0) is 11.2 Å². The van der Waals surface area contributed by atoms with E-state index in [-0.39, 0.29) is 29.5 Å². The van der Waals surface area contributed by atoms with E-state index >= 15 is 0 Å². The van der Waals surface area contributed by atoms with Gasteiger partial charge in [-0.15, -0.1) is 11.3 Å². The third kappa shape index (κ3) is 4.79. The fourth-order valence-corrected chi connectivity index (χ4v) is 3.58. The molecule has 0 atom stereocenters. The van der Waals surface area contributed by atoms with E-state index < -0.39 is 0 Å². The van der Waals surface area contributed by atoms with E-state index in [9.17, 15) is 9.59 Å². The lowest BCUT2D eigenvalue weighted by Crippen LogP contribution is -2.41. The van der Waals surface area contributed by atoms with Crippen molar-refractivity contribution in [3.63, 3.8) is 0 Å². The van der Waals surface area contributed by atoms with Crippen molar-refractivity contribution in [2.75, 3.05) is 12.3 Å². The number of nitrogen functional groups attached to an aromatic ring is 1. The second-order valence-electron chi connectivity index (χ2n) is 6.11. The maximum Gasteiger partial charge on any atom is 0.273 e. The van der Waals surface area contributed by atoms with Crippen LogP contribution >= 0.6 is 11.3 Å². The van der Waals surface area contributed by atoms with E-state index in [1.165, 1.54) is 24.0 Å². The van der Waals surface area contributed by atoms with Gasteiger partial charge in [0.15, 0.2) is 17.2 Å². The van der Waals surface area contributed by atoms with Gasteiger partial charge in [0, 0.05) is 30.3 Å². The van der Waals surface area contributed by atoms with Crippen LogP contribution in [0.25, 0.3) is 0 Å². The summed E-state index contributed by atoms with van der Waals surface area (Å²) < 4.78 is 4.81. The number of carbonyl (C=O) groups is 2. The molecule has 0 bridgehead atoms. The van der Waals surface area contributed by atoms with Crippen LogP contribution in [0.15, 0.2) is 22.5 Å². The van der Waals surface area contributed by atoms with Crippen LogP contribution in [-0.4, -0.2) is 34.4 Å². The van der Waals surface area contributed by atoms with Gasteiger partial charge in [0.05, 0.1) is 5.69 Å². The largest absolute Gasteiger partial charge is 0.451 e. The molecule has 2 amide bonds. The number of aromatic nitrogens is 2. The highest BCUT2D eigenvalue weighted by molar-refractivity contribution is 7.13. The Kier molecular flexibility index (Phi) is 5.64. The minimum atomic E-state index is -0.232. The van der Waals surface area contributed by atoms with E-state index in [0.29, 0.717) is 18.1 Å². The van der Waals surface area contributed by atoms with E-state index in [0.717, 1.165) is 31.4 Å². The third-order valence-corrected chi connectivity index (χ3v) is 5.07. The molecule has 0 aromatic carbocycles. The Bertz CT molecular complexity index is 707. The first-order valence-electron chi connectivity index (χ1n) is 8.28. The minimum absolute atomic E-state index is 0.000653. The molecular weight excluding hydrogens is 342 g/mol. The zero-order chi connectivity index (χ0) is 17.6. The Morgan fingerprint density at radius 1 is 1.32 bits per heavy atom. The molecule has 1 saturated carbocycles. The standard InChI is InChI=1S/C16H21N5O3S/c17-16-21-12(8-25-16)5-6-18-14(22)10-1-3-11(4-2-10)20-15(23)13-7-24-9-19-13/h7-11H,1-6H2,(H2,17,21)(H,18,22)(H,20,23). The van der Waals surface area contributed by atoms with Crippen LogP contribution in [0.1, 0.15) is 41.9 Å². The van der Waals surface area contributed by atoms with Gasteiger partial charge < -0.3 is 20.8 Å².